The molecule has 0 bridgehead atoms. The molecule has 39 heavy (non-hydrogen) atoms. The Bertz CT molecular complexity index is 1130. The first-order valence-electron chi connectivity index (χ1n) is 13.8. The first-order chi connectivity index (χ1) is 18.6. The van der Waals surface area contributed by atoms with Crippen molar-refractivity contribution in [1.82, 2.24) is 15.1 Å². The highest BCUT2D eigenvalue weighted by atomic mass is 19.1. The van der Waals surface area contributed by atoms with E-state index in [-0.39, 0.29) is 48.2 Å². The number of hydrogen-bond acceptors (Lipinski definition) is 4. The van der Waals surface area contributed by atoms with Crippen LogP contribution in [0.3, 0.4) is 0 Å². The van der Waals surface area contributed by atoms with Gasteiger partial charge in [0.1, 0.15) is 12.4 Å². The minimum atomic E-state index is -0.332. The van der Waals surface area contributed by atoms with Crippen LogP contribution in [0.25, 0.3) is 0 Å². The largest absolute Gasteiger partial charge is 0.368 e. The van der Waals surface area contributed by atoms with E-state index in [0.717, 1.165) is 50.0 Å². The molecule has 2 fully saturated rings. The molecule has 1 aliphatic heterocycles. The van der Waals surface area contributed by atoms with Gasteiger partial charge in [-0.15, -0.1) is 0 Å². The average molecular weight is 538 g/mol. The third-order valence-corrected chi connectivity index (χ3v) is 7.20. The summed E-state index contributed by atoms with van der Waals surface area (Å²) in [6.07, 6.45) is 3.74. The zero-order valence-electron chi connectivity index (χ0n) is 23.2. The number of benzene rings is 2. The summed E-state index contributed by atoms with van der Waals surface area (Å²) in [5, 5.41) is 5.92. The smallest absolute Gasteiger partial charge is 0.317 e. The predicted octanol–water partition coefficient (Wildman–Crippen LogP) is 4.61. The van der Waals surface area contributed by atoms with Gasteiger partial charge < -0.3 is 25.3 Å². The van der Waals surface area contributed by atoms with E-state index in [1.807, 2.05) is 49.9 Å². The number of hydrogen-bond donors (Lipinski definition) is 2. The Balaban J connectivity index is 1.32. The molecular formula is C30H40FN5O3. The summed E-state index contributed by atoms with van der Waals surface area (Å²) in [6.45, 7) is 8.84. The van der Waals surface area contributed by atoms with Crippen molar-refractivity contribution >= 4 is 29.2 Å². The van der Waals surface area contributed by atoms with E-state index in [1.165, 1.54) is 12.1 Å². The van der Waals surface area contributed by atoms with Crippen LogP contribution in [0.15, 0.2) is 48.5 Å². The van der Waals surface area contributed by atoms with Gasteiger partial charge in [-0.05, 0) is 75.6 Å². The van der Waals surface area contributed by atoms with Crippen molar-refractivity contribution in [3.8, 4) is 0 Å². The molecule has 4 amide bonds. The Morgan fingerprint density at radius 2 is 1.54 bits per heavy atom. The molecule has 8 nitrogen and oxygen atoms in total. The number of carbonyl (C=O) groups excluding carboxylic acids is 3. The quantitative estimate of drug-likeness (QED) is 0.540. The van der Waals surface area contributed by atoms with Crippen LogP contribution in [0.1, 0.15) is 52.0 Å². The highest BCUT2D eigenvalue weighted by Crippen LogP contribution is 2.27. The second-order valence-electron chi connectivity index (χ2n) is 11.6. The van der Waals surface area contributed by atoms with Gasteiger partial charge in [0.15, 0.2) is 0 Å². The van der Waals surface area contributed by atoms with E-state index in [9.17, 15) is 18.8 Å². The Hall–Kier alpha value is -3.62. The lowest BCUT2D eigenvalue weighted by molar-refractivity contribution is -0.138. The fourth-order valence-electron chi connectivity index (χ4n) is 5.15. The van der Waals surface area contributed by atoms with Crippen molar-refractivity contribution in [2.24, 2.45) is 5.92 Å². The molecule has 2 aromatic rings. The van der Waals surface area contributed by atoms with Gasteiger partial charge >= 0.3 is 6.03 Å². The number of anilines is 2. The number of nitrogens with one attached hydrogen (secondary N) is 2. The molecule has 2 aliphatic rings. The lowest BCUT2D eigenvalue weighted by atomic mass is 10.1. The third-order valence-electron chi connectivity index (χ3n) is 7.20. The van der Waals surface area contributed by atoms with Crippen LogP contribution in [0.5, 0.6) is 0 Å². The molecule has 2 N–H and O–H groups in total. The van der Waals surface area contributed by atoms with Gasteiger partial charge in [-0.3, -0.25) is 9.59 Å². The fraction of sp³-hybridized carbons (Fsp3) is 0.500. The van der Waals surface area contributed by atoms with E-state index in [2.05, 4.69) is 15.5 Å². The summed E-state index contributed by atoms with van der Waals surface area (Å²) in [5.74, 6) is -0.675. The normalized spacial score (nSPS) is 16.2. The molecule has 0 atom stereocenters. The maximum atomic E-state index is 13.4. The van der Waals surface area contributed by atoms with Crippen LogP contribution in [-0.4, -0.2) is 65.9 Å². The third kappa shape index (κ3) is 8.18. The summed E-state index contributed by atoms with van der Waals surface area (Å²) in [4.78, 5) is 44.2. The summed E-state index contributed by atoms with van der Waals surface area (Å²) in [6, 6.07) is 13.6. The lowest BCUT2D eigenvalue weighted by Gasteiger charge is -2.37. The van der Waals surface area contributed by atoms with Crippen LogP contribution in [-0.2, 0) is 16.1 Å². The first-order valence-corrected chi connectivity index (χ1v) is 13.8. The van der Waals surface area contributed by atoms with Crippen LogP contribution in [0.4, 0.5) is 20.6 Å². The molecule has 4 rings (SSSR count). The topological polar surface area (TPSA) is 85.0 Å². The maximum absolute atomic E-state index is 13.4. The second kappa shape index (κ2) is 12.5. The van der Waals surface area contributed by atoms with Crippen LogP contribution >= 0.6 is 0 Å². The van der Waals surface area contributed by atoms with Crippen LogP contribution in [0, 0.1) is 11.7 Å². The molecule has 1 aliphatic carbocycles. The molecule has 0 aromatic heterocycles. The van der Waals surface area contributed by atoms with Gasteiger partial charge in [-0.25, -0.2) is 9.18 Å². The summed E-state index contributed by atoms with van der Waals surface area (Å²) >= 11 is 0. The van der Waals surface area contributed by atoms with Crippen LogP contribution < -0.4 is 15.5 Å². The number of halogens is 1. The number of carbonyl (C=O) groups is 3. The zero-order valence-corrected chi connectivity index (χ0v) is 23.2. The minimum Gasteiger partial charge on any atom is -0.368 e. The Morgan fingerprint density at radius 3 is 2.13 bits per heavy atom. The monoisotopic (exact) mass is 537 g/mol. The summed E-state index contributed by atoms with van der Waals surface area (Å²) < 4.78 is 13.4. The minimum absolute atomic E-state index is 0.0161. The van der Waals surface area contributed by atoms with E-state index in [4.69, 9.17) is 0 Å². The van der Waals surface area contributed by atoms with Crippen molar-refractivity contribution in [3.05, 3.63) is 59.9 Å². The number of urea groups is 1. The fourth-order valence-corrected chi connectivity index (χ4v) is 5.15. The average Bonchev–Trinajstić information content (AvgIpc) is 3.44. The first kappa shape index (κ1) is 28.4. The molecule has 1 heterocycles. The summed E-state index contributed by atoms with van der Waals surface area (Å²) in [7, 11) is 0. The van der Waals surface area contributed by atoms with Gasteiger partial charge in [0.05, 0.1) is 0 Å². The van der Waals surface area contributed by atoms with E-state index in [1.54, 1.807) is 17.0 Å². The molecule has 2 aromatic carbocycles. The van der Waals surface area contributed by atoms with Gasteiger partial charge in [0.2, 0.25) is 11.8 Å². The Morgan fingerprint density at radius 1 is 0.923 bits per heavy atom. The van der Waals surface area contributed by atoms with Crippen molar-refractivity contribution in [1.29, 1.82) is 0 Å². The SMILES string of the molecule is CC(C)(C)NC(=O)N1CCN(c2ccc(NC(=O)CN(Cc3ccc(F)cc3)C(=O)C3CCCC3)cc2)CC1. The number of amides is 4. The van der Waals surface area contributed by atoms with Crippen molar-refractivity contribution in [2.75, 3.05) is 42.9 Å². The molecule has 1 saturated carbocycles. The maximum Gasteiger partial charge on any atom is 0.317 e. The Kier molecular flexibility index (Phi) is 9.09. The lowest BCUT2D eigenvalue weighted by Crippen LogP contribution is -2.55. The van der Waals surface area contributed by atoms with E-state index >= 15 is 0 Å². The standard InChI is InChI=1S/C30H40FN5O3/c1-30(2,3)33-29(39)35-18-16-34(17-19-35)26-14-12-25(13-15-26)32-27(37)21-36(28(38)23-6-4-5-7-23)20-22-8-10-24(31)11-9-22/h8-15,23H,4-7,16-21H2,1-3H3,(H,32,37)(H,33,39). The van der Waals surface area contributed by atoms with Crippen molar-refractivity contribution in [2.45, 2.75) is 58.5 Å². The number of rotatable bonds is 7. The van der Waals surface area contributed by atoms with Gasteiger partial charge in [0, 0.05) is 55.6 Å². The molecule has 210 valence electrons. The van der Waals surface area contributed by atoms with E-state index < -0.39 is 0 Å². The Labute approximate surface area is 230 Å². The molecular weight excluding hydrogens is 497 g/mol. The van der Waals surface area contributed by atoms with Crippen molar-refractivity contribution < 1.29 is 18.8 Å². The van der Waals surface area contributed by atoms with E-state index in [0.29, 0.717) is 18.8 Å². The number of nitrogens with zero attached hydrogens (tertiary/aromatic N) is 3. The zero-order chi connectivity index (χ0) is 28.0. The van der Waals surface area contributed by atoms with Gasteiger partial charge in [0.25, 0.3) is 0 Å². The molecule has 9 heteroatoms. The highest BCUT2D eigenvalue weighted by Gasteiger charge is 2.29. The van der Waals surface area contributed by atoms with Crippen molar-refractivity contribution in [3.63, 3.8) is 0 Å². The van der Waals surface area contributed by atoms with Crippen LogP contribution in [0.2, 0.25) is 0 Å². The molecule has 0 radical (unpaired) electrons. The molecule has 0 unspecified atom stereocenters. The second-order valence-corrected chi connectivity index (χ2v) is 11.6. The van der Waals surface area contributed by atoms with Gasteiger partial charge in [-0.1, -0.05) is 25.0 Å². The highest BCUT2D eigenvalue weighted by molar-refractivity contribution is 5.95. The van der Waals surface area contributed by atoms with Gasteiger partial charge in [-0.2, -0.15) is 0 Å². The molecule has 0 spiro atoms. The summed E-state index contributed by atoms with van der Waals surface area (Å²) in [5.41, 5.74) is 2.20. The number of piperazine rings is 1. The predicted molar refractivity (Wildman–Crippen MR) is 151 cm³/mol. The molecule has 1 saturated heterocycles.